The van der Waals surface area contributed by atoms with Crippen molar-refractivity contribution < 1.29 is 4.39 Å². The molecule has 1 aromatic rings. The first kappa shape index (κ1) is 14.7. The van der Waals surface area contributed by atoms with Crippen molar-refractivity contribution in [2.45, 2.75) is 26.3 Å². The predicted molar refractivity (Wildman–Crippen MR) is 81.1 cm³/mol. The quantitative estimate of drug-likeness (QED) is 0.828. The van der Waals surface area contributed by atoms with Crippen molar-refractivity contribution in [1.29, 1.82) is 0 Å². The summed E-state index contributed by atoms with van der Waals surface area (Å²) in [5.74, 6) is 0.236. The number of halogens is 1. The molecule has 0 saturated carbocycles. The zero-order chi connectivity index (χ0) is 14.8. The van der Waals surface area contributed by atoms with Crippen LogP contribution >= 0.6 is 0 Å². The van der Waals surface area contributed by atoms with Gasteiger partial charge in [0, 0.05) is 45.3 Å². The van der Waals surface area contributed by atoms with Gasteiger partial charge in [-0.3, -0.25) is 4.90 Å². The van der Waals surface area contributed by atoms with Crippen LogP contribution in [0.25, 0.3) is 0 Å². The first-order valence-electron chi connectivity index (χ1n) is 7.93. The van der Waals surface area contributed by atoms with E-state index in [0.717, 1.165) is 45.8 Å². The molecule has 2 fully saturated rings. The molecule has 0 N–H and O–H groups in total. The lowest BCUT2D eigenvalue weighted by molar-refractivity contribution is 0.0856. The molecule has 5 nitrogen and oxygen atoms in total. The highest BCUT2D eigenvalue weighted by Crippen LogP contribution is 2.26. The molecule has 0 amide bonds. The molecule has 0 radical (unpaired) electrons. The third kappa shape index (κ3) is 2.87. The number of rotatable bonds is 4. The number of likely N-dealkylation sites (N-methyl/N-ethyl adjacent to an activating group) is 1. The fourth-order valence-electron chi connectivity index (χ4n) is 3.17. The summed E-state index contributed by atoms with van der Waals surface area (Å²) in [5, 5.41) is 0. The topological polar surface area (TPSA) is 35.5 Å². The smallest absolute Gasteiger partial charge is 0.187 e. The minimum atomic E-state index is -0.241. The second kappa shape index (κ2) is 6.23. The van der Waals surface area contributed by atoms with Gasteiger partial charge in [0.15, 0.2) is 11.6 Å². The fourth-order valence-corrected chi connectivity index (χ4v) is 3.17. The fraction of sp³-hybridized carbons (Fsp3) is 0.733. The number of anilines is 1. The van der Waals surface area contributed by atoms with Gasteiger partial charge in [-0.15, -0.1) is 0 Å². The van der Waals surface area contributed by atoms with E-state index in [9.17, 15) is 4.39 Å². The highest BCUT2D eigenvalue weighted by atomic mass is 19.1. The van der Waals surface area contributed by atoms with Crippen molar-refractivity contribution in [3.05, 3.63) is 17.8 Å². The molecule has 1 aromatic heterocycles. The molecule has 0 spiro atoms. The summed E-state index contributed by atoms with van der Waals surface area (Å²) in [6.07, 6.45) is 2.09. The van der Waals surface area contributed by atoms with Crippen LogP contribution in [-0.2, 0) is 6.42 Å². The van der Waals surface area contributed by atoms with Crippen molar-refractivity contribution >= 4 is 5.82 Å². The lowest BCUT2D eigenvalue weighted by Crippen LogP contribution is -2.63. The maximum atomic E-state index is 14.2. The molecule has 0 aliphatic carbocycles. The van der Waals surface area contributed by atoms with Crippen LogP contribution in [0.4, 0.5) is 10.2 Å². The Hall–Kier alpha value is -1.27. The average molecular weight is 293 g/mol. The summed E-state index contributed by atoms with van der Waals surface area (Å²) in [5.41, 5.74) is 0.514. The highest BCUT2D eigenvalue weighted by molar-refractivity contribution is 5.44. The van der Waals surface area contributed by atoms with Crippen LogP contribution in [0.5, 0.6) is 0 Å². The normalized spacial score (nSPS) is 21.6. The Morgan fingerprint density at radius 1 is 1.14 bits per heavy atom. The molecule has 0 bridgehead atoms. The van der Waals surface area contributed by atoms with Gasteiger partial charge < -0.3 is 9.80 Å². The minimum absolute atomic E-state index is 0.241. The molecule has 21 heavy (non-hydrogen) atoms. The van der Waals surface area contributed by atoms with Gasteiger partial charge in [0.1, 0.15) is 6.33 Å². The van der Waals surface area contributed by atoms with Crippen molar-refractivity contribution in [2.24, 2.45) is 0 Å². The first-order chi connectivity index (χ1) is 10.2. The lowest BCUT2D eigenvalue weighted by Gasteiger charge is -2.48. The molecule has 0 atom stereocenters. The standard InChI is InChI=1S/C15H24FN5/c1-3-13-14(16)15(18-11-17-13)21-9-12(10-21)20-7-5-19(4-2)6-8-20/h11-12H,3-10H2,1-2H3. The predicted octanol–water partition coefficient (Wildman–Crippen LogP) is 1.00. The van der Waals surface area contributed by atoms with Crippen LogP contribution in [0.3, 0.4) is 0 Å². The van der Waals surface area contributed by atoms with Gasteiger partial charge in [0.25, 0.3) is 0 Å². The second-order valence-corrected chi connectivity index (χ2v) is 5.84. The molecule has 3 heterocycles. The van der Waals surface area contributed by atoms with Gasteiger partial charge in [-0.1, -0.05) is 13.8 Å². The molecule has 2 aliphatic heterocycles. The van der Waals surface area contributed by atoms with Crippen LogP contribution in [0.2, 0.25) is 0 Å². The minimum Gasteiger partial charge on any atom is -0.351 e. The molecule has 3 rings (SSSR count). The van der Waals surface area contributed by atoms with Crippen LogP contribution in [-0.4, -0.2) is 71.6 Å². The van der Waals surface area contributed by atoms with E-state index in [1.807, 2.05) is 11.8 Å². The Morgan fingerprint density at radius 2 is 1.86 bits per heavy atom. The lowest BCUT2D eigenvalue weighted by atomic mass is 10.1. The van der Waals surface area contributed by atoms with Crippen molar-refractivity contribution in [2.75, 3.05) is 50.7 Å². The summed E-state index contributed by atoms with van der Waals surface area (Å²) >= 11 is 0. The Balaban J connectivity index is 1.56. The highest BCUT2D eigenvalue weighted by Gasteiger charge is 2.35. The van der Waals surface area contributed by atoms with Crippen molar-refractivity contribution in [3.63, 3.8) is 0 Å². The van der Waals surface area contributed by atoms with Crippen molar-refractivity contribution in [3.8, 4) is 0 Å². The molecule has 116 valence electrons. The zero-order valence-electron chi connectivity index (χ0n) is 12.9. The molecule has 0 aromatic carbocycles. The largest absolute Gasteiger partial charge is 0.351 e. The Labute approximate surface area is 125 Å². The monoisotopic (exact) mass is 293 g/mol. The third-order valence-corrected chi connectivity index (χ3v) is 4.71. The summed E-state index contributed by atoms with van der Waals surface area (Å²) in [6, 6.07) is 0.545. The van der Waals surface area contributed by atoms with Crippen molar-refractivity contribution in [1.82, 2.24) is 19.8 Å². The summed E-state index contributed by atoms with van der Waals surface area (Å²) in [7, 11) is 0. The summed E-state index contributed by atoms with van der Waals surface area (Å²) < 4.78 is 14.2. The summed E-state index contributed by atoms with van der Waals surface area (Å²) in [6.45, 7) is 11.6. The number of nitrogens with zero attached hydrogens (tertiary/aromatic N) is 5. The SMILES string of the molecule is CCc1ncnc(N2CC(N3CCN(CC)CC3)C2)c1F. The van der Waals surface area contributed by atoms with Crippen LogP contribution in [0.15, 0.2) is 6.33 Å². The van der Waals surface area contributed by atoms with E-state index in [2.05, 4.69) is 26.7 Å². The van der Waals surface area contributed by atoms with Gasteiger partial charge in [0.05, 0.1) is 5.69 Å². The van der Waals surface area contributed by atoms with E-state index in [1.54, 1.807) is 0 Å². The second-order valence-electron chi connectivity index (χ2n) is 5.84. The van der Waals surface area contributed by atoms with E-state index in [-0.39, 0.29) is 5.82 Å². The van der Waals surface area contributed by atoms with E-state index in [4.69, 9.17) is 0 Å². The third-order valence-electron chi connectivity index (χ3n) is 4.71. The van der Waals surface area contributed by atoms with Gasteiger partial charge >= 0.3 is 0 Å². The number of aryl methyl sites for hydroxylation is 1. The maximum absolute atomic E-state index is 14.2. The van der Waals surface area contributed by atoms with Gasteiger partial charge in [-0.05, 0) is 13.0 Å². The van der Waals surface area contributed by atoms with Gasteiger partial charge in [0.2, 0.25) is 0 Å². The first-order valence-corrected chi connectivity index (χ1v) is 7.93. The summed E-state index contributed by atoms with van der Waals surface area (Å²) in [4.78, 5) is 15.2. The Bertz CT molecular complexity index is 481. The van der Waals surface area contributed by atoms with Gasteiger partial charge in [-0.2, -0.15) is 0 Å². The molecular weight excluding hydrogens is 269 g/mol. The van der Waals surface area contributed by atoms with E-state index in [1.165, 1.54) is 6.33 Å². The molecule has 6 heteroatoms. The molecule has 2 aliphatic rings. The van der Waals surface area contributed by atoms with E-state index in [0.29, 0.717) is 24.0 Å². The Kier molecular flexibility index (Phi) is 4.35. The zero-order valence-corrected chi connectivity index (χ0v) is 12.9. The maximum Gasteiger partial charge on any atom is 0.187 e. The van der Waals surface area contributed by atoms with Crippen LogP contribution in [0.1, 0.15) is 19.5 Å². The number of hydrogen-bond donors (Lipinski definition) is 0. The number of aromatic nitrogens is 2. The van der Waals surface area contributed by atoms with Crippen LogP contribution < -0.4 is 4.90 Å². The van der Waals surface area contributed by atoms with E-state index < -0.39 is 0 Å². The van der Waals surface area contributed by atoms with Crippen LogP contribution in [0, 0.1) is 5.82 Å². The Morgan fingerprint density at radius 3 is 2.48 bits per heavy atom. The van der Waals surface area contributed by atoms with Gasteiger partial charge in [-0.25, -0.2) is 14.4 Å². The number of hydrogen-bond acceptors (Lipinski definition) is 5. The average Bonchev–Trinajstić information content (AvgIpc) is 2.48. The molecule has 0 unspecified atom stereocenters. The van der Waals surface area contributed by atoms with E-state index >= 15 is 0 Å². The number of piperazine rings is 1. The molecule has 2 saturated heterocycles. The molecular formula is C15H24FN5.